The molecular weight excluding hydrogens is 594 g/mol. The minimum absolute atomic E-state index is 0.0752. The molecule has 4 heterocycles. The van der Waals surface area contributed by atoms with Gasteiger partial charge in [0, 0.05) is 57.4 Å². The molecule has 47 heavy (non-hydrogen) atoms. The largest absolute Gasteiger partial charge is 0.357 e. The molecule has 4 aromatic heterocycles. The average molecular weight is 628 g/mol. The Morgan fingerprint density at radius 1 is 0.745 bits per heavy atom. The van der Waals surface area contributed by atoms with Crippen LogP contribution < -0.4 is 16.1 Å². The van der Waals surface area contributed by atoms with Crippen LogP contribution in [0.2, 0.25) is 0 Å². The van der Waals surface area contributed by atoms with Crippen molar-refractivity contribution in [2.45, 2.75) is 44.6 Å². The zero-order valence-electron chi connectivity index (χ0n) is 25.5. The number of fused-ring (bicyclic) bond motifs is 6. The molecule has 0 saturated carbocycles. The van der Waals surface area contributed by atoms with Gasteiger partial charge in [0.1, 0.15) is 0 Å². The predicted octanol–water partition coefficient (Wildman–Crippen LogP) is 6.51. The van der Waals surface area contributed by atoms with E-state index < -0.39 is 0 Å². The smallest absolute Gasteiger partial charge is 0.255 e. The maximum absolute atomic E-state index is 12.5. The molecule has 2 aromatic carbocycles. The third kappa shape index (κ3) is 6.14. The van der Waals surface area contributed by atoms with Gasteiger partial charge in [-0.25, -0.2) is 0 Å². The average Bonchev–Trinajstić information content (AvgIpc) is 3.68. The molecule has 11 heteroatoms. The fraction of sp³-hybridized carbons (Fsp3) is 0.194. The first kappa shape index (κ1) is 30.0. The van der Waals surface area contributed by atoms with Crippen LogP contribution in [-0.2, 0) is 12.8 Å². The van der Waals surface area contributed by atoms with Crippen molar-refractivity contribution < 1.29 is 19.6 Å². The Bertz CT molecular complexity index is 2100. The lowest BCUT2D eigenvalue weighted by atomic mass is 9.92. The summed E-state index contributed by atoms with van der Waals surface area (Å²) in [5.41, 5.74) is 10.7. The van der Waals surface area contributed by atoms with Crippen LogP contribution >= 0.6 is 0 Å². The number of nitrogens with one attached hydrogen (secondary N) is 5. The summed E-state index contributed by atoms with van der Waals surface area (Å²) in [6.45, 7) is 0. The van der Waals surface area contributed by atoms with E-state index in [0.717, 1.165) is 65.2 Å². The van der Waals surface area contributed by atoms with Gasteiger partial charge in [-0.2, -0.15) is 5.48 Å². The van der Waals surface area contributed by atoms with Crippen molar-refractivity contribution in [1.29, 1.82) is 0 Å². The fourth-order valence-corrected chi connectivity index (χ4v) is 6.45. The van der Waals surface area contributed by atoms with Gasteiger partial charge in [-0.1, -0.05) is 0 Å². The normalized spacial score (nSPS) is 15.3. The summed E-state index contributed by atoms with van der Waals surface area (Å²) in [6.07, 6.45) is 11.7. The Morgan fingerprint density at radius 3 is 1.94 bits per heavy atom. The summed E-state index contributed by atoms with van der Waals surface area (Å²) in [7, 11) is 0. The minimum atomic E-state index is -0.183. The highest BCUT2D eigenvalue weighted by molar-refractivity contribution is 6.09. The zero-order valence-corrected chi connectivity index (χ0v) is 25.5. The molecule has 2 aliphatic rings. The molecule has 2 amide bonds. The number of hydrogen-bond donors (Lipinski definition) is 6. The maximum Gasteiger partial charge on any atom is 0.255 e. The van der Waals surface area contributed by atoms with E-state index in [1.54, 1.807) is 61.2 Å². The number of anilines is 2. The molecule has 0 fully saturated rings. The number of aromatic amines is 2. The first-order chi connectivity index (χ1) is 23.0. The third-order valence-corrected chi connectivity index (χ3v) is 8.74. The second-order valence-electron chi connectivity index (χ2n) is 11.8. The monoisotopic (exact) mass is 627 g/mol. The van der Waals surface area contributed by atoms with E-state index in [-0.39, 0.29) is 23.6 Å². The summed E-state index contributed by atoms with van der Waals surface area (Å²) in [4.78, 5) is 51.4. The lowest BCUT2D eigenvalue weighted by Gasteiger charge is -2.20. The van der Waals surface area contributed by atoms with E-state index >= 15 is 0 Å². The summed E-state index contributed by atoms with van der Waals surface area (Å²) in [5.74, 6) is -0.187. The summed E-state index contributed by atoms with van der Waals surface area (Å²) in [5, 5.41) is 17.0. The van der Waals surface area contributed by atoms with Crippen molar-refractivity contribution in [3.63, 3.8) is 0 Å². The topological polar surface area (TPSA) is 165 Å². The lowest BCUT2D eigenvalue weighted by Crippen LogP contribution is -2.21. The number of rotatable bonds is 5. The molecule has 0 radical (unpaired) electrons. The Hall–Kier alpha value is -5.65. The molecule has 2 aliphatic carbocycles. The Morgan fingerprint density at radius 2 is 1.34 bits per heavy atom. The van der Waals surface area contributed by atoms with Gasteiger partial charge in [0.15, 0.2) is 5.78 Å². The number of carbonyl (C=O) groups is 3. The van der Waals surface area contributed by atoms with Crippen LogP contribution in [0.1, 0.15) is 79.8 Å². The van der Waals surface area contributed by atoms with Gasteiger partial charge in [-0.15, -0.1) is 0 Å². The second kappa shape index (κ2) is 13.0. The van der Waals surface area contributed by atoms with Crippen molar-refractivity contribution in [2.75, 3.05) is 10.6 Å². The van der Waals surface area contributed by atoms with E-state index in [1.165, 1.54) is 5.56 Å². The van der Waals surface area contributed by atoms with Crippen LogP contribution in [0, 0.1) is 0 Å². The van der Waals surface area contributed by atoms with Gasteiger partial charge in [0.25, 0.3) is 11.8 Å². The van der Waals surface area contributed by atoms with Gasteiger partial charge < -0.3 is 25.8 Å². The number of hydrogen-bond acceptors (Lipinski definition) is 7. The highest BCUT2D eigenvalue weighted by Gasteiger charge is 2.25. The predicted molar refractivity (Wildman–Crippen MR) is 179 cm³/mol. The van der Waals surface area contributed by atoms with E-state index in [9.17, 15) is 19.6 Å². The summed E-state index contributed by atoms with van der Waals surface area (Å²) in [6, 6.07) is 18.2. The highest BCUT2D eigenvalue weighted by atomic mass is 16.5. The second-order valence-corrected chi connectivity index (χ2v) is 11.8. The van der Waals surface area contributed by atoms with Crippen molar-refractivity contribution in [1.82, 2.24) is 25.4 Å². The molecule has 6 aromatic rings. The van der Waals surface area contributed by atoms with E-state index in [0.29, 0.717) is 34.6 Å². The van der Waals surface area contributed by atoms with E-state index in [2.05, 4.69) is 36.0 Å². The molecule has 0 saturated heterocycles. The standard InChI is InChI=1S/C18H18N4O2.C18H15N3O2/c23-18(20-12-3-2-8-19-10-12)11-6-7-15-14(9-11)13-4-1-5-16(22-24)17(13)21-15;22-16-5-1-4-13-14-9-11(6-7-15(14)21-17(13)16)18(23)20-12-3-2-8-19-10-12/h2-3,6-10,16,21-22,24H,1,4-5H2,(H,20,23);2-3,6-10,21H,1,4-5H2,(H,20,23). The van der Waals surface area contributed by atoms with Crippen LogP contribution in [0.5, 0.6) is 0 Å². The molecule has 1 atom stereocenters. The number of aromatic nitrogens is 4. The minimum Gasteiger partial charge on any atom is -0.357 e. The van der Waals surface area contributed by atoms with Crippen molar-refractivity contribution in [2.24, 2.45) is 0 Å². The molecule has 0 aliphatic heterocycles. The van der Waals surface area contributed by atoms with E-state index in [4.69, 9.17) is 0 Å². The molecule has 0 bridgehead atoms. The van der Waals surface area contributed by atoms with Crippen molar-refractivity contribution in [3.8, 4) is 0 Å². The number of Topliss-reactive ketones (excluding diaryl/α,β-unsaturated/α-hetero) is 1. The fourth-order valence-electron chi connectivity index (χ4n) is 6.45. The molecule has 236 valence electrons. The number of amides is 2. The summed E-state index contributed by atoms with van der Waals surface area (Å²) >= 11 is 0. The van der Waals surface area contributed by atoms with Gasteiger partial charge >= 0.3 is 0 Å². The van der Waals surface area contributed by atoms with Gasteiger partial charge in [-0.3, -0.25) is 24.4 Å². The van der Waals surface area contributed by atoms with Gasteiger partial charge in [-0.05, 0) is 104 Å². The SMILES string of the molecule is O=C(Nc1cccnc1)c1ccc2[nH]c3c(c2c1)CCCC3=O.O=C(Nc1cccnc1)c1ccc2[nH]c3c(c2c1)CCCC3NO. The summed E-state index contributed by atoms with van der Waals surface area (Å²) < 4.78 is 0. The maximum atomic E-state index is 12.5. The zero-order chi connectivity index (χ0) is 32.3. The molecule has 6 N–H and O–H groups in total. The number of aryl methyl sites for hydroxylation is 2. The molecule has 1 unspecified atom stereocenters. The first-order valence-corrected chi connectivity index (χ1v) is 15.6. The quantitative estimate of drug-likeness (QED) is 0.119. The first-order valence-electron chi connectivity index (χ1n) is 15.6. The molecular formula is C36H33N7O4. The number of benzene rings is 2. The van der Waals surface area contributed by atoms with Crippen molar-refractivity contribution in [3.05, 3.63) is 119 Å². The van der Waals surface area contributed by atoms with Crippen LogP contribution in [0.25, 0.3) is 21.8 Å². The molecule has 0 spiro atoms. The molecule has 8 rings (SSSR count). The van der Waals surface area contributed by atoms with E-state index in [1.807, 2.05) is 24.3 Å². The lowest BCUT2D eigenvalue weighted by molar-refractivity contribution is 0.0966. The number of H-pyrrole nitrogens is 2. The Kier molecular flexibility index (Phi) is 8.30. The van der Waals surface area contributed by atoms with Crippen LogP contribution in [0.4, 0.5) is 11.4 Å². The van der Waals surface area contributed by atoms with Crippen LogP contribution in [0.15, 0.2) is 85.5 Å². The highest BCUT2D eigenvalue weighted by Crippen LogP contribution is 2.35. The number of nitrogens with zero attached hydrogens (tertiary/aromatic N) is 2. The van der Waals surface area contributed by atoms with Gasteiger partial charge in [0.05, 0.1) is 35.5 Å². The number of pyridine rings is 2. The number of hydroxylamine groups is 1. The Labute approximate surface area is 269 Å². The number of ketones is 1. The Balaban J connectivity index is 0.000000150. The molecule has 11 nitrogen and oxygen atoms in total. The van der Waals surface area contributed by atoms with Crippen molar-refractivity contribution >= 4 is 50.8 Å². The van der Waals surface area contributed by atoms with Crippen LogP contribution in [0.3, 0.4) is 0 Å². The van der Waals surface area contributed by atoms with Gasteiger partial charge in [0.2, 0.25) is 0 Å². The third-order valence-electron chi connectivity index (χ3n) is 8.74. The van der Waals surface area contributed by atoms with Crippen LogP contribution in [-0.4, -0.2) is 42.7 Å². The number of carbonyl (C=O) groups excluding carboxylic acids is 3.